The van der Waals surface area contributed by atoms with Crippen LogP contribution in [0.3, 0.4) is 0 Å². The number of pyridine rings is 1. The lowest BCUT2D eigenvalue weighted by Crippen LogP contribution is -2.13. The highest BCUT2D eigenvalue weighted by molar-refractivity contribution is 7.80. The fourth-order valence-corrected chi connectivity index (χ4v) is 3.01. The molecule has 0 aliphatic heterocycles. The molecule has 5 nitrogen and oxygen atoms in total. The lowest BCUT2D eigenvalue weighted by atomic mass is 10.1. The molecule has 0 spiro atoms. The van der Waals surface area contributed by atoms with Gasteiger partial charge in [-0.1, -0.05) is 6.07 Å². The topological polar surface area (TPSA) is 75.1 Å². The fraction of sp³-hybridized carbons (Fsp3) is 0.0625. The van der Waals surface area contributed by atoms with Crippen LogP contribution < -0.4 is 5.32 Å². The van der Waals surface area contributed by atoms with E-state index in [1.54, 1.807) is 48.0 Å². The summed E-state index contributed by atoms with van der Waals surface area (Å²) < 4.78 is 0. The van der Waals surface area contributed by atoms with Crippen molar-refractivity contribution in [3.8, 4) is 5.75 Å². The van der Waals surface area contributed by atoms with E-state index >= 15 is 0 Å². The number of carbonyl (C=O) groups is 1. The Morgan fingerprint density at radius 3 is 2.96 bits per heavy atom. The minimum Gasteiger partial charge on any atom is -0.508 e. The maximum Gasteiger partial charge on any atom is 0.276 e. The number of anilines is 1. The Kier molecular flexibility index (Phi) is 4.59. The number of phenols is 1. The number of carbonyl (C=O) groups excluding carboxylic acids is 1. The maximum atomic E-state index is 12.1. The third kappa shape index (κ3) is 3.88. The van der Waals surface area contributed by atoms with Gasteiger partial charge in [-0.15, -0.1) is 24.0 Å². The Labute approximate surface area is 142 Å². The number of thiol groups is 1. The summed E-state index contributed by atoms with van der Waals surface area (Å²) in [5, 5.41) is 14.7. The van der Waals surface area contributed by atoms with Gasteiger partial charge in [-0.2, -0.15) is 0 Å². The average Bonchev–Trinajstić information content (AvgIpc) is 3.01. The van der Waals surface area contributed by atoms with Gasteiger partial charge in [0, 0.05) is 22.9 Å². The molecule has 0 atom stereocenters. The van der Waals surface area contributed by atoms with E-state index in [0.29, 0.717) is 17.9 Å². The number of aromatic hydroxyl groups is 1. The summed E-state index contributed by atoms with van der Waals surface area (Å²) in [6.07, 6.45) is 2.12. The zero-order chi connectivity index (χ0) is 16.2. The van der Waals surface area contributed by atoms with E-state index in [1.807, 2.05) is 0 Å². The van der Waals surface area contributed by atoms with Gasteiger partial charge in [-0.05, 0) is 35.9 Å². The van der Waals surface area contributed by atoms with Crippen LogP contribution in [-0.4, -0.2) is 21.0 Å². The number of thiazole rings is 1. The number of rotatable bonds is 4. The molecule has 2 heterocycles. The molecule has 0 unspecified atom stereocenters. The number of hydrogen-bond acceptors (Lipinski definition) is 6. The molecule has 2 aromatic heterocycles. The molecule has 116 valence electrons. The first-order valence-corrected chi connectivity index (χ1v) is 8.12. The second kappa shape index (κ2) is 6.80. The first-order chi connectivity index (χ1) is 11.1. The average molecular weight is 343 g/mol. The molecular formula is C16H13N3O2S2. The Balaban J connectivity index is 1.73. The van der Waals surface area contributed by atoms with Gasteiger partial charge in [-0.25, -0.2) is 9.97 Å². The lowest BCUT2D eigenvalue weighted by molar-refractivity contribution is 0.102. The maximum absolute atomic E-state index is 12.1. The van der Waals surface area contributed by atoms with Gasteiger partial charge in [-0.3, -0.25) is 4.79 Å². The fourth-order valence-electron chi connectivity index (χ4n) is 1.99. The minimum absolute atomic E-state index is 0.183. The smallest absolute Gasteiger partial charge is 0.276 e. The first-order valence-electron chi connectivity index (χ1n) is 6.79. The molecule has 0 aliphatic rings. The van der Waals surface area contributed by atoms with Gasteiger partial charge in [0.25, 0.3) is 5.91 Å². The molecular weight excluding hydrogens is 330 g/mol. The SMILES string of the molecule is O=C(Nc1ccccn1)c1csc(Cc2cc(O)ccc2S)n1. The number of phenolic OH excluding ortho intramolecular Hbond substituents is 1. The quantitative estimate of drug-likeness (QED) is 0.635. The molecule has 2 N–H and O–H groups in total. The molecule has 3 aromatic rings. The van der Waals surface area contributed by atoms with E-state index in [0.717, 1.165) is 15.5 Å². The summed E-state index contributed by atoms with van der Waals surface area (Å²) in [7, 11) is 0. The Hall–Kier alpha value is -2.38. The van der Waals surface area contributed by atoms with Crippen LogP contribution in [0.2, 0.25) is 0 Å². The normalized spacial score (nSPS) is 10.5. The second-order valence-electron chi connectivity index (χ2n) is 4.79. The Morgan fingerprint density at radius 2 is 2.17 bits per heavy atom. The van der Waals surface area contributed by atoms with Crippen molar-refractivity contribution in [2.45, 2.75) is 11.3 Å². The second-order valence-corrected chi connectivity index (χ2v) is 6.21. The van der Waals surface area contributed by atoms with Gasteiger partial charge in [0.2, 0.25) is 0 Å². The zero-order valence-corrected chi connectivity index (χ0v) is 13.6. The summed E-state index contributed by atoms with van der Waals surface area (Å²) in [6.45, 7) is 0. The number of benzene rings is 1. The first kappa shape index (κ1) is 15.5. The monoisotopic (exact) mass is 343 g/mol. The number of hydrogen-bond donors (Lipinski definition) is 3. The molecule has 0 aliphatic carbocycles. The van der Waals surface area contributed by atoms with E-state index in [1.165, 1.54) is 11.3 Å². The highest BCUT2D eigenvalue weighted by Gasteiger charge is 2.12. The molecule has 1 aromatic carbocycles. The van der Waals surface area contributed by atoms with Gasteiger partial charge >= 0.3 is 0 Å². The summed E-state index contributed by atoms with van der Waals surface area (Å²) >= 11 is 5.76. The summed E-state index contributed by atoms with van der Waals surface area (Å²) in [6, 6.07) is 10.3. The van der Waals surface area contributed by atoms with E-state index < -0.39 is 0 Å². The third-order valence-corrected chi connectivity index (χ3v) is 4.38. The molecule has 0 saturated heterocycles. The van der Waals surface area contributed by atoms with Crippen LogP contribution in [-0.2, 0) is 6.42 Å². The van der Waals surface area contributed by atoms with Gasteiger partial charge < -0.3 is 10.4 Å². The molecule has 3 rings (SSSR count). The van der Waals surface area contributed by atoms with Crippen molar-refractivity contribution in [3.05, 3.63) is 64.2 Å². The summed E-state index contributed by atoms with van der Waals surface area (Å²) in [5.41, 5.74) is 1.20. The van der Waals surface area contributed by atoms with Crippen molar-refractivity contribution in [1.82, 2.24) is 9.97 Å². The van der Waals surface area contributed by atoms with E-state index in [-0.39, 0.29) is 11.7 Å². The highest BCUT2D eigenvalue weighted by Crippen LogP contribution is 2.24. The number of nitrogens with zero attached hydrogens (tertiary/aromatic N) is 2. The van der Waals surface area contributed by atoms with E-state index in [2.05, 4.69) is 27.9 Å². The van der Waals surface area contributed by atoms with Gasteiger partial charge in [0.15, 0.2) is 0 Å². The predicted octanol–water partition coefficient (Wildman–Crippen LogP) is 3.38. The molecule has 0 radical (unpaired) electrons. The van der Waals surface area contributed by atoms with Crippen molar-refractivity contribution in [2.75, 3.05) is 5.32 Å². The van der Waals surface area contributed by atoms with Crippen LogP contribution in [0.1, 0.15) is 21.1 Å². The molecule has 0 bridgehead atoms. The third-order valence-electron chi connectivity index (χ3n) is 3.10. The molecule has 1 amide bonds. The van der Waals surface area contributed by atoms with Crippen molar-refractivity contribution >= 4 is 35.7 Å². The van der Waals surface area contributed by atoms with Gasteiger partial charge in [0.05, 0.1) is 5.01 Å². The van der Waals surface area contributed by atoms with Crippen LogP contribution in [0.4, 0.5) is 5.82 Å². The number of aromatic nitrogens is 2. The lowest BCUT2D eigenvalue weighted by Gasteiger charge is -2.03. The zero-order valence-electron chi connectivity index (χ0n) is 11.9. The van der Waals surface area contributed by atoms with Crippen molar-refractivity contribution in [1.29, 1.82) is 0 Å². The molecule has 0 fully saturated rings. The number of amides is 1. The van der Waals surface area contributed by atoms with Crippen molar-refractivity contribution in [2.24, 2.45) is 0 Å². The standard InChI is InChI=1S/C16H13N3O2S2/c20-11-4-5-13(22)10(7-11)8-15-18-12(9-23-15)16(21)19-14-3-1-2-6-17-14/h1-7,9,20,22H,8H2,(H,17,19,21). The molecule has 23 heavy (non-hydrogen) atoms. The van der Waals surface area contributed by atoms with Crippen molar-refractivity contribution in [3.63, 3.8) is 0 Å². The van der Waals surface area contributed by atoms with E-state index in [4.69, 9.17) is 0 Å². The van der Waals surface area contributed by atoms with Crippen LogP contribution in [0.25, 0.3) is 0 Å². The van der Waals surface area contributed by atoms with Crippen LogP contribution in [0.5, 0.6) is 5.75 Å². The summed E-state index contributed by atoms with van der Waals surface area (Å²) in [4.78, 5) is 21.3. The van der Waals surface area contributed by atoms with E-state index in [9.17, 15) is 9.90 Å². The largest absolute Gasteiger partial charge is 0.508 e. The predicted molar refractivity (Wildman–Crippen MR) is 92.5 cm³/mol. The van der Waals surface area contributed by atoms with Crippen LogP contribution in [0.15, 0.2) is 52.9 Å². The Morgan fingerprint density at radius 1 is 1.30 bits per heavy atom. The number of nitrogens with one attached hydrogen (secondary N) is 1. The molecule has 7 heteroatoms. The van der Waals surface area contributed by atoms with Crippen molar-refractivity contribution < 1.29 is 9.90 Å². The minimum atomic E-state index is -0.298. The van der Waals surface area contributed by atoms with Crippen LogP contribution >= 0.6 is 24.0 Å². The van der Waals surface area contributed by atoms with Gasteiger partial charge in [0.1, 0.15) is 17.3 Å². The highest BCUT2D eigenvalue weighted by atomic mass is 32.1. The van der Waals surface area contributed by atoms with Crippen LogP contribution in [0, 0.1) is 0 Å². The Bertz CT molecular complexity index is 834. The summed E-state index contributed by atoms with van der Waals surface area (Å²) in [5.74, 6) is 0.369. The molecule has 0 saturated carbocycles.